The molecule has 1 aliphatic rings. The first-order valence-corrected chi connectivity index (χ1v) is 10.2. The fourth-order valence-corrected chi connectivity index (χ4v) is 3.98. The number of aromatic nitrogens is 2. The lowest BCUT2D eigenvalue weighted by molar-refractivity contribution is 0.0204. The average molecular weight is 398 g/mol. The van der Waals surface area contributed by atoms with E-state index in [0.29, 0.717) is 26.3 Å². The highest BCUT2D eigenvalue weighted by molar-refractivity contribution is 7.09. The highest BCUT2D eigenvalue weighted by Gasteiger charge is 2.16. The van der Waals surface area contributed by atoms with E-state index in [-0.39, 0.29) is 5.56 Å². The van der Waals surface area contributed by atoms with Gasteiger partial charge < -0.3 is 9.47 Å². The molecule has 0 N–H and O–H groups in total. The fourth-order valence-electron chi connectivity index (χ4n) is 3.26. The molecule has 0 atom stereocenters. The molecule has 1 fully saturated rings. The van der Waals surface area contributed by atoms with Crippen molar-refractivity contribution in [2.45, 2.75) is 13.1 Å². The summed E-state index contributed by atoms with van der Waals surface area (Å²) in [5.41, 5.74) is 2.49. The van der Waals surface area contributed by atoms with Crippen LogP contribution in [0.2, 0.25) is 0 Å². The zero-order chi connectivity index (χ0) is 19.3. The van der Waals surface area contributed by atoms with Crippen molar-refractivity contribution in [2.24, 2.45) is 0 Å². The minimum atomic E-state index is -0.0304. The van der Waals surface area contributed by atoms with Gasteiger partial charge >= 0.3 is 0 Å². The van der Waals surface area contributed by atoms with Crippen LogP contribution >= 0.6 is 11.3 Å². The summed E-state index contributed by atoms with van der Waals surface area (Å²) in [4.78, 5) is 16.4. The van der Waals surface area contributed by atoms with Crippen molar-refractivity contribution < 1.29 is 9.47 Å². The van der Waals surface area contributed by atoms with Crippen LogP contribution in [0.4, 0.5) is 0 Å². The van der Waals surface area contributed by atoms with Crippen molar-refractivity contribution in [1.82, 2.24) is 14.7 Å². The van der Waals surface area contributed by atoms with E-state index < -0.39 is 0 Å². The number of benzene rings is 1. The molecule has 1 aromatic carbocycles. The van der Waals surface area contributed by atoms with Crippen molar-refractivity contribution in [3.8, 4) is 17.0 Å². The van der Waals surface area contributed by atoms with Gasteiger partial charge in [-0.3, -0.25) is 9.69 Å². The third-order valence-electron chi connectivity index (χ3n) is 4.82. The maximum atomic E-state index is 13.1. The number of hydrogen-bond acceptors (Lipinski definition) is 6. The predicted octanol–water partition coefficient (Wildman–Crippen LogP) is 2.86. The molecule has 0 spiro atoms. The Labute approximate surface area is 168 Å². The second kappa shape index (κ2) is 8.68. The summed E-state index contributed by atoms with van der Waals surface area (Å²) in [7, 11) is 1.65. The van der Waals surface area contributed by atoms with Gasteiger partial charge in [0.2, 0.25) is 0 Å². The van der Waals surface area contributed by atoms with Crippen LogP contribution in [0.5, 0.6) is 5.75 Å². The molecule has 0 saturated carbocycles. The van der Waals surface area contributed by atoms with Gasteiger partial charge in [0.25, 0.3) is 5.56 Å². The molecule has 2 aromatic heterocycles. The number of nitrogens with zero attached hydrogens (tertiary/aromatic N) is 3. The topological polar surface area (TPSA) is 56.6 Å². The normalized spacial score (nSPS) is 14.9. The van der Waals surface area contributed by atoms with Gasteiger partial charge in [0.05, 0.1) is 32.7 Å². The summed E-state index contributed by atoms with van der Waals surface area (Å²) in [6.45, 7) is 3.47. The smallest absolute Gasteiger partial charge is 0.271 e. The number of morpholine rings is 1. The highest BCUT2D eigenvalue weighted by Crippen LogP contribution is 2.22. The second-order valence-corrected chi connectivity index (χ2v) is 7.75. The van der Waals surface area contributed by atoms with E-state index in [1.54, 1.807) is 23.1 Å². The molecule has 3 heterocycles. The second-order valence-electron chi connectivity index (χ2n) is 6.72. The van der Waals surface area contributed by atoms with E-state index in [0.717, 1.165) is 35.7 Å². The zero-order valence-corrected chi connectivity index (χ0v) is 16.7. The van der Waals surface area contributed by atoms with Crippen molar-refractivity contribution in [1.29, 1.82) is 0 Å². The number of rotatable bonds is 6. The molecule has 0 radical (unpaired) electrons. The number of methoxy groups -OCH3 is 1. The van der Waals surface area contributed by atoms with Gasteiger partial charge in [-0.15, -0.1) is 11.3 Å². The Kier molecular flexibility index (Phi) is 5.85. The SMILES string of the molecule is COc1ccc(-c2cc(Cc3cccs3)c(=O)n(CN3CCOCC3)n2)cc1. The maximum Gasteiger partial charge on any atom is 0.271 e. The van der Waals surface area contributed by atoms with E-state index in [1.807, 2.05) is 41.8 Å². The van der Waals surface area contributed by atoms with Crippen LogP contribution < -0.4 is 10.3 Å². The summed E-state index contributed by atoms with van der Waals surface area (Å²) in [5.74, 6) is 0.796. The van der Waals surface area contributed by atoms with Crippen LogP contribution in [0, 0.1) is 0 Å². The van der Waals surface area contributed by atoms with Crippen LogP contribution in [-0.4, -0.2) is 48.1 Å². The molecule has 7 heteroatoms. The van der Waals surface area contributed by atoms with Gasteiger partial charge in [-0.25, -0.2) is 4.68 Å². The van der Waals surface area contributed by atoms with Gasteiger partial charge in [0.1, 0.15) is 5.75 Å². The van der Waals surface area contributed by atoms with Gasteiger partial charge in [-0.2, -0.15) is 5.10 Å². The Morgan fingerprint density at radius 2 is 1.96 bits per heavy atom. The molecule has 3 aromatic rings. The van der Waals surface area contributed by atoms with Crippen LogP contribution in [0.25, 0.3) is 11.3 Å². The minimum Gasteiger partial charge on any atom is -0.497 e. The first-order chi connectivity index (χ1) is 13.7. The molecule has 0 bridgehead atoms. The minimum absolute atomic E-state index is 0.0304. The Morgan fingerprint density at radius 3 is 2.64 bits per heavy atom. The van der Waals surface area contributed by atoms with Crippen LogP contribution in [0.15, 0.2) is 52.6 Å². The maximum absolute atomic E-state index is 13.1. The summed E-state index contributed by atoms with van der Waals surface area (Å²) in [6, 6.07) is 13.8. The van der Waals surface area contributed by atoms with Crippen LogP contribution in [0.1, 0.15) is 10.4 Å². The first kappa shape index (κ1) is 18.9. The van der Waals surface area contributed by atoms with Crippen LogP contribution in [0.3, 0.4) is 0 Å². The van der Waals surface area contributed by atoms with Crippen molar-refractivity contribution in [3.63, 3.8) is 0 Å². The number of ether oxygens (including phenoxy) is 2. The molecule has 0 unspecified atom stereocenters. The molecule has 0 amide bonds. The third kappa shape index (κ3) is 4.32. The fraction of sp³-hybridized carbons (Fsp3) is 0.333. The van der Waals surface area contributed by atoms with Crippen molar-refractivity contribution >= 4 is 11.3 Å². The van der Waals surface area contributed by atoms with Gasteiger partial charge in [0.15, 0.2) is 0 Å². The van der Waals surface area contributed by atoms with Gasteiger partial charge in [-0.05, 0) is 41.8 Å². The van der Waals surface area contributed by atoms with E-state index >= 15 is 0 Å². The molecule has 4 rings (SSSR count). The van der Waals surface area contributed by atoms with Gasteiger partial charge in [-0.1, -0.05) is 6.07 Å². The molecule has 146 valence electrons. The monoisotopic (exact) mass is 397 g/mol. The summed E-state index contributed by atoms with van der Waals surface area (Å²) in [6.07, 6.45) is 0.616. The van der Waals surface area contributed by atoms with Crippen molar-refractivity contribution in [2.75, 3.05) is 33.4 Å². The largest absolute Gasteiger partial charge is 0.497 e. The average Bonchev–Trinajstić information content (AvgIpc) is 3.25. The standard InChI is InChI=1S/C21H23N3O3S/c1-26-18-6-4-16(5-7-18)20-14-17(13-19-3-2-12-28-19)21(25)24(22-20)15-23-8-10-27-11-9-23/h2-7,12,14H,8-11,13,15H2,1H3. The van der Waals surface area contributed by atoms with E-state index in [1.165, 1.54) is 4.88 Å². The lowest BCUT2D eigenvalue weighted by atomic mass is 10.1. The first-order valence-electron chi connectivity index (χ1n) is 9.31. The van der Waals surface area contributed by atoms with E-state index in [4.69, 9.17) is 9.47 Å². The van der Waals surface area contributed by atoms with E-state index in [9.17, 15) is 4.79 Å². The summed E-state index contributed by atoms with van der Waals surface area (Å²) >= 11 is 1.66. The van der Waals surface area contributed by atoms with Gasteiger partial charge in [0, 0.05) is 35.5 Å². The Hall–Kier alpha value is -2.48. The lowest BCUT2D eigenvalue weighted by Crippen LogP contribution is -2.41. The number of hydrogen-bond donors (Lipinski definition) is 0. The predicted molar refractivity (Wildman–Crippen MR) is 110 cm³/mol. The Bertz CT molecular complexity index is 962. The zero-order valence-electron chi connectivity index (χ0n) is 15.8. The summed E-state index contributed by atoms with van der Waals surface area (Å²) < 4.78 is 12.3. The molecule has 0 aliphatic carbocycles. The Balaban J connectivity index is 1.71. The molecule has 1 saturated heterocycles. The number of thiophene rings is 1. The molecule has 6 nitrogen and oxygen atoms in total. The molecule has 1 aliphatic heterocycles. The van der Waals surface area contributed by atoms with Crippen molar-refractivity contribution in [3.05, 3.63) is 68.6 Å². The van der Waals surface area contributed by atoms with Crippen LogP contribution in [-0.2, 0) is 17.8 Å². The lowest BCUT2D eigenvalue weighted by Gasteiger charge is -2.26. The third-order valence-corrected chi connectivity index (χ3v) is 5.69. The molecule has 28 heavy (non-hydrogen) atoms. The quantitative estimate of drug-likeness (QED) is 0.640. The molecular weight excluding hydrogens is 374 g/mol. The Morgan fingerprint density at radius 1 is 1.18 bits per heavy atom. The highest BCUT2D eigenvalue weighted by atomic mass is 32.1. The molecular formula is C21H23N3O3S. The van der Waals surface area contributed by atoms with E-state index in [2.05, 4.69) is 16.1 Å². The summed E-state index contributed by atoms with van der Waals surface area (Å²) in [5, 5.41) is 6.70.